The molecule has 0 spiro atoms. The van der Waals surface area contributed by atoms with Crippen LogP contribution in [0.3, 0.4) is 0 Å². The van der Waals surface area contributed by atoms with Crippen molar-refractivity contribution < 1.29 is 14.6 Å². The minimum absolute atomic E-state index is 0. The number of aryl methyl sites for hydroxylation is 2. The first-order chi connectivity index (χ1) is 14.3. The normalized spacial score (nSPS) is 13.2. The number of hydrogen-bond acceptors (Lipinski definition) is 5. The molecule has 0 radical (unpaired) electrons. The van der Waals surface area contributed by atoms with Gasteiger partial charge >= 0.3 is 0 Å². The molecule has 2 aromatic rings. The van der Waals surface area contributed by atoms with Crippen molar-refractivity contribution in [1.29, 1.82) is 0 Å². The average molecular weight is 545 g/mol. The van der Waals surface area contributed by atoms with Crippen LogP contribution in [0, 0.1) is 13.8 Å². The number of guanidine groups is 1. The summed E-state index contributed by atoms with van der Waals surface area (Å²) in [6.07, 6.45) is 0.0194. The zero-order valence-electron chi connectivity index (χ0n) is 19.5. The fourth-order valence-electron chi connectivity index (χ4n) is 3.40. The van der Waals surface area contributed by atoms with Crippen LogP contribution in [0.5, 0.6) is 11.5 Å². The van der Waals surface area contributed by atoms with Gasteiger partial charge in [-0.25, -0.2) is 0 Å². The molecule has 0 aliphatic rings. The number of halogens is 1. The van der Waals surface area contributed by atoms with Gasteiger partial charge in [0.25, 0.3) is 0 Å². The number of nitrogens with one attached hydrogen (secondary N) is 2. The van der Waals surface area contributed by atoms with Crippen LogP contribution in [0.4, 0.5) is 0 Å². The van der Waals surface area contributed by atoms with Gasteiger partial charge in [0.1, 0.15) is 17.6 Å². The molecule has 0 saturated heterocycles. The number of rotatable bonds is 9. The smallest absolute Gasteiger partial charge is 0.191 e. The fourth-order valence-corrected chi connectivity index (χ4v) is 3.40. The van der Waals surface area contributed by atoms with Crippen LogP contribution in [-0.2, 0) is 13.5 Å². The molecule has 8 nitrogen and oxygen atoms in total. The molecule has 0 aliphatic carbocycles. The van der Waals surface area contributed by atoms with E-state index < -0.39 is 6.10 Å². The van der Waals surface area contributed by atoms with E-state index in [4.69, 9.17) is 9.47 Å². The van der Waals surface area contributed by atoms with Crippen molar-refractivity contribution >= 4 is 29.9 Å². The zero-order valence-corrected chi connectivity index (χ0v) is 21.9. The summed E-state index contributed by atoms with van der Waals surface area (Å²) >= 11 is 0. The van der Waals surface area contributed by atoms with Crippen molar-refractivity contribution in [3.8, 4) is 11.5 Å². The van der Waals surface area contributed by atoms with Gasteiger partial charge in [0.2, 0.25) is 0 Å². The van der Waals surface area contributed by atoms with Crippen LogP contribution < -0.4 is 20.1 Å². The van der Waals surface area contributed by atoms with Gasteiger partial charge in [0.05, 0.1) is 26.5 Å². The Balaban J connectivity index is 0.00000480. The largest absolute Gasteiger partial charge is 0.497 e. The second-order valence-electron chi connectivity index (χ2n) is 7.37. The van der Waals surface area contributed by atoms with Crippen molar-refractivity contribution in [2.24, 2.45) is 12.0 Å². The molecular weight excluding hydrogens is 509 g/mol. The average Bonchev–Trinajstić information content (AvgIpc) is 2.97. The maximum Gasteiger partial charge on any atom is 0.191 e. The number of benzene rings is 1. The van der Waals surface area contributed by atoms with Crippen molar-refractivity contribution in [2.45, 2.75) is 46.3 Å². The van der Waals surface area contributed by atoms with E-state index in [0.717, 1.165) is 18.7 Å². The molecule has 0 aliphatic heterocycles. The molecule has 3 N–H and O–H groups in total. The number of aromatic nitrogens is 2. The SMILES string of the molecule is CCNC(=NCC(O)c1cc(OC)ccc1OC)NC(C)Cc1c(C)nn(C)c1C.I. The molecule has 174 valence electrons. The Hall–Kier alpha value is -2.01. The van der Waals surface area contributed by atoms with Crippen LogP contribution in [0.1, 0.15) is 42.5 Å². The highest BCUT2D eigenvalue weighted by Gasteiger charge is 2.16. The molecule has 2 atom stereocenters. The number of aliphatic imine (C=N–C) groups is 1. The molecule has 0 amide bonds. The van der Waals surface area contributed by atoms with Gasteiger partial charge in [-0.05, 0) is 57.9 Å². The van der Waals surface area contributed by atoms with Crippen molar-refractivity contribution in [3.63, 3.8) is 0 Å². The molecule has 2 unspecified atom stereocenters. The first kappa shape index (κ1) is 27.0. The Kier molecular flexibility index (Phi) is 11.1. The number of aliphatic hydroxyl groups is 1. The van der Waals surface area contributed by atoms with E-state index in [-0.39, 0.29) is 36.6 Å². The predicted octanol–water partition coefficient (Wildman–Crippen LogP) is 2.89. The van der Waals surface area contributed by atoms with Gasteiger partial charge < -0.3 is 25.2 Å². The van der Waals surface area contributed by atoms with E-state index in [1.54, 1.807) is 32.4 Å². The van der Waals surface area contributed by atoms with Gasteiger partial charge in [-0.2, -0.15) is 5.10 Å². The van der Waals surface area contributed by atoms with E-state index in [0.29, 0.717) is 23.0 Å². The Morgan fingerprint density at radius 1 is 1.26 bits per heavy atom. The summed E-state index contributed by atoms with van der Waals surface area (Å²) in [5.74, 6) is 1.92. The van der Waals surface area contributed by atoms with E-state index in [1.807, 2.05) is 25.6 Å². The third kappa shape index (κ3) is 7.27. The van der Waals surface area contributed by atoms with E-state index in [1.165, 1.54) is 11.3 Å². The predicted molar refractivity (Wildman–Crippen MR) is 135 cm³/mol. The van der Waals surface area contributed by atoms with E-state index in [2.05, 4.69) is 34.6 Å². The van der Waals surface area contributed by atoms with Crippen LogP contribution in [0.15, 0.2) is 23.2 Å². The molecule has 0 fully saturated rings. The monoisotopic (exact) mass is 545 g/mol. The molecular formula is C22H36IN5O3. The lowest BCUT2D eigenvalue weighted by Gasteiger charge is -2.19. The molecule has 1 aromatic carbocycles. The number of ether oxygens (including phenoxy) is 2. The first-order valence-corrected chi connectivity index (χ1v) is 10.2. The Bertz CT molecular complexity index is 869. The van der Waals surface area contributed by atoms with Crippen LogP contribution in [-0.4, -0.2) is 54.2 Å². The third-order valence-electron chi connectivity index (χ3n) is 5.11. The maximum atomic E-state index is 10.7. The molecule has 31 heavy (non-hydrogen) atoms. The summed E-state index contributed by atoms with van der Waals surface area (Å²) in [5.41, 5.74) is 4.11. The van der Waals surface area contributed by atoms with Crippen molar-refractivity contribution in [3.05, 3.63) is 40.7 Å². The second kappa shape index (κ2) is 12.7. The van der Waals surface area contributed by atoms with Gasteiger partial charge in [-0.15, -0.1) is 24.0 Å². The molecule has 1 heterocycles. The Morgan fingerprint density at radius 3 is 2.52 bits per heavy atom. The van der Waals surface area contributed by atoms with E-state index >= 15 is 0 Å². The number of hydrogen-bond donors (Lipinski definition) is 3. The number of nitrogens with zero attached hydrogens (tertiary/aromatic N) is 3. The summed E-state index contributed by atoms with van der Waals surface area (Å²) in [4.78, 5) is 4.58. The number of aliphatic hydroxyl groups excluding tert-OH is 1. The lowest BCUT2D eigenvalue weighted by molar-refractivity contribution is 0.182. The third-order valence-corrected chi connectivity index (χ3v) is 5.11. The van der Waals surface area contributed by atoms with Gasteiger partial charge in [-0.3, -0.25) is 9.67 Å². The Labute approximate surface area is 202 Å². The lowest BCUT2D eigenvalue weighted by Crippen LogP contribution is -2.43. The van der Waals surface area contributed by atoms with Gasteiger partial charge in [-0.1, -0.05) is 0 Å². The first-order valence-electron chi connectivity index (χ1n) is 10.2. The summed E-state index contributed by atoms with van der Waals surface area (Å²) < 4.78 is 12.5. The molecule has 0 saturated carbocycles. The van der Waals surface area contributed by atoms with Crippen molar-refractivity contribution in [2.75, 3.05) is 27.3 Å². The van der Waals surface area contributed by atoms with Crippen LogP contribution in [0.2, 0.25) is 0 Å². The standard InChI is InChI=1S/C22H35N5O3.HI/c1-8-23-22(25-14(2)11-18-15(3)26-27(5)16(18)4)24-13-20(28)19-12-17(29-6)9-10-21(19)30-7;/h9-10,12,14,20,28H,8,11,13H2,1-7H3,(H2,23,24,25);1H. The fraction of sp³-hybridized carbons (Fsp3) is 0.545. The zero-order chi connectivity index (χ0) is 22.3. The molecule has 9 heteroatoms. The number of methoxy groups -OCH3 is 2. The highest BCUT2D eigenvalue weighted by atomic mass is 127. The van der Waals surface area contributed by atoms with E-state index in [9.17, 15) is 5.11 Å². The lowest BCUT2D eigenvalue weighted by atomic mass is 10.1. The highest BCUT2D eigenvalue weighted by molar-refractivity contribution is 14.0. The summed E-state index contributed by atoms with van der Waals surface area (Å²) in [5, 5.41) is 21.9. The molecule has 1 aromatic heterocycles. The van der Waals surface area contributed by atoms with Gasteiger partial charge in [0.15, 0.2) is 5.96 Å². The van der Waals surface area contributed by atoms with Gasteiger partial charge in [0, 0.05) is 30.9 Å². The quantitative estimate of drug-likeness (QED) is 0.255. The minimum Gasteiger partial charge on any atom is -0.497 e. The molecule has 0 bridgehead atoms. The molecule has 2 rings (SSSR count). The Morgan fingerprint density at radius 2 is 1.97 bits per heavy atom. The summed E-state index contributed by atoms with van der Waals surface area (Å²) in [7, 11) is 5.14. The summed E-state index contributed by atoms with van der Waals surface area (Å²) in [6.45, 7) is 9.16. The van der Waals surface area contributed by atoms with Crippen LogP contribution >= 0.6 is 24.0 Å². The minimum atomic E-state index is -0.816. The topological polar surface area (TPSA) is 92.9 Å². The maximum absolute atomic E-state index is 10.7. The second-order valence-corrected chi connectivity index (χ2v) is 7.37. The highest BCUT2D eigenvalue weighted by Crippen LogP contribution is 2.29. The van der Waals surface area contributed by atoms with Crippen LogP contribution in [0.25, 0.3) is 0 Å². The summed E-state index contributed by atoms with van der Waals surface area (Å²) in [6, 6.07) is 5.50. The van der Waals surface area contributed by atoms with Crippen molar-refractivity contribution in [1.82, 2.24) is 20.4 Å².